The minimum Gasteiger partial charge on any atom is -0.496 e. The van der Waals surface area contributed by atoms with E-state index >= 15 is 0 Å². The molecule has 2 unspecified atom stereocenters. The van der Waals surface area contributed by atoms with Crippen LogP contribution < -0.4 is 10.1 Å². The lowest BCUT2D eigenvalue weighted by Crippen LogP contribution is -2.48. The predicted octanol–water partition coefficient (Wildman–Crippen LogP) is 5.70. The molecule has 0 saturated carbocycles. The van der Waals surface area contributed by atoms with Crippen LogP contribution in [0.4, 0.5) is 0 Å². The fourth-order valence-corrected chi connectivity index (χ4v) is 4.56. The van der Waals surface area contributed by atoms with Gasteiger partial charge in [0.15, 0.2) is 0 Å². The molecule has 1 fully saturated rings. The monoisotopic (exact) mass is 412 g/mol. The van der Waals surface area contributed by atoms with Gasteiger partial charge in [0.1, 0.15) is 5.75 Å². The van der Waals surface area contributed by atoms with Crippen LogP contribution in [0.1, 0.15) is 35.6 Å². The average molecular weight is 413 g/mol. The molecule has 1 N–H and O–H groups in total. The maximum Gasteiger partial charge on any atom is 0.123 e. The van der Waals surface area contributed by atoms with Crippen molar-refractivity contribution in [2.24, 2.45) is 0 Å². The van der Waals surface area contributed by atoms with Gasteiger partial charge in [0.2, 0.25) is 0 Å². The number of ether oxygens (including phenoxy) is 1. The van der Waals surface area contributed by atoms with Gasteiger partial charge in [-0.15, -0.1) is 0 Å². The van der Waals surface area contributed by atoms with Crippen LogP contribution in [0.15, 0.2) is 91.0 Å². The Morgan fingerprint density at radius 1 is 0.935 bits per heavy atom. The molecule has 1 aliphatic heterocycles. The largest absolute Gasteiger partial charge is 0.496 e. The van der Waals surface area contributed by atoms with Crippen molar-refractivity contribution >= 4 is 6.08 Å². The van der Waals surface area contributed by atoms with Crippen molar-refractivity contribution in [2.45, 2.75) is 31.5 Å². The van der Waals surface area contributed by atoms with Crippen molar-refractivity contribution in [3.05, 3.63) is 108 Å². The molecule has 1 heterocycles. The third-order valence-corrected chi connectivity index (χ3v) is 6.07. The Labute approximate surface area is 186 Å². The first-order valence-corrected chi connectivity index (χ1v) is 11.2. The number of nitrogens with one attached hydrogen (secondary N) is 1. The summed E-state index contributed by atoms with van der Waals surface area (Å²) in [5.74, 6) is 0.949. The van der Waals surface area contributed by atoms with E-state index in [2.05, 4.69) is 95.2 Å². The Morgan fingerprint density at radius 2 is 1.65 bits per heavy atom. The summed E-state index contributed by atoms with van der Waals surface area (Å²) in [4.78, 5) is 2.61. The van der Waals surface area contributed by atoms with Gasteiger partial charge in [-0.05, 0) is 36.6 Å². The molecule has 0 radical (unpaired) electrons. The zero-order valence-electron chi connectivity index (χ0n) is 18.3. The van der Waals surface area contributed by atoms with Crippen LogP contribution in [0.5, 0.6) is 5.75 Å². The fourth-order valence-electron chi connectivity index (χ4n) is 4.56. The number of methoxy groups -OCH3 is 1. The van der Waals surface area contributed by atoms with Gasteiger partial charge >= 0.3 is 0 Å². The number of benzene rings is 3. The van der Waals surface area contributed by atoms with Gasteiger partial charge in [-0.1, -0.05) is 91.0 Å². The standard InChI is InChI=1S/C28H32N2O/c1-31-27-19-9-8-17-25(27)22-29-26-18-11-21-30(28(26)24-15-6-3-7-16-24)20-10-14-23-12-4-2-5-13-23/h2-10,12-17,19,26,28-29H,11,18,20-22H2,1H3/b14-10-. The van der Waals surface area contributed by atoms with Crippen molar-refractivity contribution in [3.63, 3.8) is 0 Å². The highest BCUT2D eigenvalue weighted by Crippen LogP contribution is 2.32. The van der Waals surface area contributed by atoms with E-state index in [9.17, 15) is 0 Å². The molecule has 0 spiro atoms. The SMILES string of the molecule is COc1ccccc1CNC1CCCN(C/C=C\c2ccccc2)C1c1ccccc1. The van der Waals surface area contributed by atoms with Crippen molar-refractivity contribution in [1.82, 2.24) is 10.2 Å². The lowest BCUT2D eigenvalue weighted by Gasteiger charge is -2.42. The van der Waals surface area contributed by atoms with E-state index in [0.717, 1.165) is 25.4 Å². The van der Waals surface area contributed by atoms with Crippen LogP contribution >= 0.6 is 0 Å². The molecule has 4 rings (SSSR count). The molecule has 0 aromatic heterocycles. The Hall–Kier alpha value is -2.88. The first-order valence-electron chi connectivity index (χ1n) is 11.2. The zero-order valence-corrected chi connectivity index (χ0v) is 18.3. The summed E-state index contributed by atoms with van der Waals surface area (Å²) in [6, 6.07) is 30.5. The second-order valence-electron chi connectivity index (χ2n) is 8.10. The molecule has 0 aliphatic carbocycles. The van der Waals surface area contributed by atoms with E-state index in [1.807, 2.05) is 12.1 Å². The van der Waals surface area contributed by atoms with Crippen LogP contribution in [0.3, 0.4) is 0 Å². The molecule has 3 nitrogen and oxygen atoms in total. The van der Waals surface area contributed by atoms with Gasteiger partial charge < -0.3 is 10.1 Å². The van der Waals surface area contributed by atoms with Gasteiger partial charge in [0.05, 0.1) is 13.2 Å². The normalized spacial score (nSPS) is 19.5. The molecular weight excluding hydrogens is 380 g/mol. The van der Waals surface area contributed by atoms with Gasteiger partial charge in [-0.3, -0.25) is 4.90 Å². The number of hydrogen-bond acceptors (Lipinski definition) is 3. The lowest BCUT2D eigenvalue weighted by molar-refractivity contribution is 0.124. The molecule has 1 saturated heterocycles. The number of rotatable bonds is 8. The van der Waals surface area contributed by atoms with Crippen LogP contribution in [-0.2, 0) is 6.54 Å². The first kappa shape index (κ1) is 21.4. The van der Waals surface area contributed by atoms with Gasteiger partial charge in [-0.25, -0.2) is 0 Å². The van der Waals surface area contributed by atoms with Crippen molar-refractivity contribution in [3.8, 4) is 5.75 Å². The summed E-state index contributed by atoms with van der Waals surface area (Å²) >= 11 is 0. The van der Waals surface area contributed by atoms with Gasteiger partial charge in [0.25, 0.3) is 0 Å². The quantitative estimate of drug-likeness (QED) is 0.513. The second kappa shape index (κ2) is 10.9. The van der Waals surface area contributed by atoms with Crippen LogP contribution in [0, 0.1) is 0 Å². The highest BCUT2D eigenvalue weighted by molar-refractivity contribution is 5.48. The van der Waals surface area contributed by atoms with E-state index in [4.69, 9.17) is 4.74 Å². The summed E-state index contributed by atoms with van der Waals surface area (Å²) in [6.45, 7) is 2.87. The number of likely N-dealkylation sites (tertiary alicyclic amines) is 1. The topological polar surface area (TPSA) is 24.5 Å². The van der Waals surface area contributed by atoms with E-state index in [-0.39, 0.29) is 0 Å². The zero-order chi connectivity index (χ0) is 21.3. The lowest BCUT2D eigenvalue weighted by atomic mass is 9.90. The third-order valence-electron chi connectivity index (χ3n) is 6.07. The van der Waals surface area contributed by atoms with E-state index < -0.39 is 0 Å². The summed E-state index contributed by atoms with van der Waals surface area (Å²) in [5, 5.41) is 3.85. The molecular formula is C28H32N2O. The molecule has 2 atom stereocenters. The molecule has 31 heavy (non-hydrogen) atoms. The Bertz CT molecular complexity index is 955. The second-order valence-corrected chi connectivity index (χ2v) is 8.10. The molecule has 3 heteroatoms. The van der Waals surface area contributed by atoms with Crippen LogP contribution in [0.2, 0.25) is 0 Å². The maximum atomic E-state index is 5.55. The van der Waals surface area contributed by atoms with Gasteiger partial charge in [0, 0.05) is 24.7 Å². The van der Waals surface area contributed by atoms with E-state index in [1.165, 1.54) is 29.5 Å². The first-order chi connectivity index (χ1) is 15.3. The molecule has 0 amide bonds. The van der Waals surface area contributed by atoms with E-state index in [1.54, 1.807) is 7.11 Å². The number of para-hydroxylation sites is 1. The molecule has 0 bridgehead atoms. The molecule has 3 aromatic rings. The summed E-state index contributed by atoms with van der Waals surface area (Å²) in [6.07, 6.45) is 6.90. The summed E-state index contributed by atoms with van der Waals surface area (Å²) in [7, 11) is 1.74. The highest BCUT2D eigenvalue weighted by Gasteiger charge is 2.31. The molecule has 3 aromatic carbocycles. The summed E-state index contributed by atoms with van der Waals surface area (Å²) in [5.41, 5.74) is 3.84. The molecule has 160 valence electrons. The number of piperidine rings is 1. The minimum absolute atomic E-state index is 0.352. The van der Waals surface area contributed by atoms with E-state index in [0.29, 0.717) is 12.1 Å². The molecule has 1 aliphatic rings. The van der Waals surface area contributed by atoms with Crippen molar-refractivity contribution in [1.29, 1.82) is 0 Å². The van der Waals surface area contributed by atoms with Gasteiger partial charge in [-0.2, -0.15) is 0 Å². The number of hydrogen-bond donors (Lipinski definition) is 1. The Kier molecular flexibility index (Phi) is 7.54. The summed E-state index contributed by atoms with van der Waals surface area (Å²) < 4.78 is 5.55. The Balaban J connectivity index is 1.50. The Morgan fingerprint density at radius 3 is 2.42 bits per heavy atom. The average Bonchev–Trinajstić information content (AvgIpc) is 2.84. The highest BCUT2D eigenvalue weighted by atomic mass is 16.5. The van der Waals surface area contributed by atoms with Crippen molar-refractivity contribution < 1.29 is 4.74 Å². The maximum absolute atomic E-state index is 5.55. The smallest absolute Gasteiger partial charge is 0.123 e. The van der Waals surface area contributed by atoms with Crippen molar-refractivity contribution in [2.75, 3.05) is 20.2 Å². The van der Waals surface area contributed by atoms with Crippen LogP contribution in [0.25, 0.3) is 6.08 Å². The third kappa shape index (κ3) is 5.63. The predicted molar refractivity (Wildman–Crippen MR) is 129 cm³/mol. The minimum atomic E-state index is 0.352. The fraction of sp³-hybridized carbons (Fsp3) is 0.286. The van der Waals surface area contributed by atoms with Crippen LogP contribution in [-0.4, -0.2) is 31.1 Å². The number of nitrogens with zero attached hydrogens (tertiary/aromatic N) is 1.